The van der Waals surface area contributed by atoms with Crippen LogP contribution in [0, 0.1) is 13.8 Å². The molecule has 0 amide bonds. The summed E-state index contributed by atoms with van der Waals surface area (Å²) in [5, 5.41) is 0. The van der Waals surface area contributed by atoms with E-state index in [1.165, 1.54) is 4.88 Å². The second-order valence-corrected chi connectivity index (χ2v) is 6.26. The number of aryl methyl sites for hydroxylation is 2. The zero-order valence-electron chi connectivity index (χ0n) is 12.5. The molecule has 0 saturated heterocycles. The van der Waals surface area contributed by atoms with Crippen LogP contribution in [0.15, 0.2) is 24.3 Å². The molecule has 0 fully saturated rings. The lowest BCUT2D eigenvalue weighted by Crippen LogP contribution is -1.97. The fraction of sp³-hybridized carbons (Fsp3) is 0.312. The SMILES string of the molecule is CCCOc1ccc(-c2c(C)sc3nc(C)c(N)n23)cc1. The van der Waals surface area contributed by atoms with Crippen molar-refractivity contribution in [1.82, 2.24) is 9.38 Å². The zero-order chi connectivity index (χ0) is 15.0. The Labute approximate surface area is 128 Å². The minimum Gasteiger partial charge on any atom is -0.494 e. The van der Waals surface area contributed by atoms with E-state index < -0.39 is 0 Å². The lowest BCUT2D eigenvalue weighted by molar-refractivity contribution is 0.317. The van der Waals surface area contributed by atoms with Crippen molar-refractivity contribution in [1.29, 1.82) is 0 Å². The number of aromatic nitrogens is 2. The van der Waals surface area contributed by atoms with Crippen LogP contribution in [0.5, 0.6) is 5.75 Å². The van der Waals surface area contributed by atoms with E-state index in [0.29, 0.717) is 0 Å². The highest BCUT2D eigenvalue weighted by atomic mass is 32.1. The fourth-order valence-corrected chi connectivity index (χ4v) is 3.45. The number of rotatable bonds is 4. The van der Waals surface area contributed by atoms with Crippen molar-refractivity contribution in [3.8, 4) is 17.0 Å². The molecule has 2 heterocycles. The monoisotopic (exact) mass is 301 g/mol. The Morgan fingerprint density at radius 3 is 2.62 bits per heavy atom. The summed E-state index contributed by atoms with van der Waals surface area (Å²) >= 11 is 1.67. The van der Waals surface area contributed by atoms with Crippen molar-refractivity contribution >= 4 is 22.1 Å². The van der Waals surface area contributed by atoms with E-state index in [1.807, 2.05) is 23.5 Å². The highest BCUT2D eigenvalue weighted by Gasteiger charge is 2.16. The molecule has 0 aliphatic carbocycles. The summed E-state index contributed by atoms with van der Waals surface area (Å²) < 4.78 is 7.67. The number of nitrogen functional groups attached to an aromatic ring is 1. The molecule has 1 aromatic carbocycles. The predicted octanol–water partition coefficient (Wildman–Crippen LogP) is 4.05. The van der Waals surface area contributed by atoms with E-state index in [-0.39, 0.29) is 0 Å². The number of nitrogens with two attached hydrogens (primary N) is 1. The summed E-state index contributed by atoms with van der Waals surface area (Å²) in [6.07, 6.45) is 1.01. The van der Waals surface area contributed by atoms with Crippen LogP contribution in [-0.2, 0) is 0 Å². The summed E-state index contributed by atoms with van der Waals surface area (Å²) in [5.74, 6) is 1.62. The Bertz CT molecular complexity index is 771. The molecule has 3 aromatic rings. The third kappa shape index (κ3) is 2.38. The van der Waals surface area contributed by atoms with Gasteiger partial charge < -0.3 is 10.5 Å². The van der Waals surface area contributed by atoms with Gasteiger partial charge in [0, 0.05) is 10.4 Å². The highest BCUT2D eigenvalue weighted by molar-refractivity contribution is 7.17. The maximum absolute atomic E-state index is 6.17. The lowest BCUT2D eigenvalue weighted by Gasteiger charge is -2.07. The van der Waals surface area contributed by atoms with Crippen LogP contribution in [0.3, 0.4) is 0 Å². The topological polar surface area (TPSA) is 52.5 Å². The first-order valence-electron chi connectivity index (χ1n) is 7.09. The van der Waals surface area contributed by atoms with Gasteiger partial charge in [-0.15, -0.1) is 11.3 Å². The van der Waals surface area contributed by atoms with Crippen LogP contribution in [0.2, 0.25) is 0 Å². The normalized spacial score (nSPS) is 11.2. The van der Waals surface area contributed by atoms with E-state index in [1.54, 1.807) is 11.3 Å². The van der Waals surface area contributed by atoms with Gasteiger partial charge in [-0.25, -0.2) is 4.98 Å². The number of benzene rings is 1. The molecule has 0 unspecified atom stereocenters. The molecule has 0 spiro atoms. The average molecular weight is 301 g/mol. The molecule has 0 saturated carbocycles. The van der Waals surface area contributed by atoms with Crippen LogP contribution >= 0.6 is 11.3 Å². The first kappa shape index (κ1) is 13.9. The second kappa shape index (κ2) is 5.41. The van der Waals surface area contributed by atoms with Gasteiger partial charge in [-0.1, -0.05) is 6.92 Å². The Balaban J connectivity index is 2.05. The third-order valence-corrected chi connectivity index (χ3v) is 4.42. The molecule has 0 radical (unpaired) electrons. The third-order valence-electron chi connectivity index (χ3n) is 3.47. The van der Waals surface area contributed by atoms with E-state index >= 15 is 0 Å². The van der Waals surface area contributed by atoms with Gasteiger partial charge in [0.05, 0.1) is 18.0 Å². The van der Waals surface area contributed by atoms with E-state index in [9.17, 15) is 0 Å². The van der Waals surface area contributed by atoms with Gasteiger partial charge in [0.25, 0.3) is 0 Å². The quantitative estimate of drug-likeness (QED) is 0.791. The second-order valence-electron chi connectivity index (χ2n) is 5.08. The van der Waals surface area contributed by atoms with Gasteiger partial charge in [0.1, 0.15) is 11.6 Å². The molecular weight excluding hydrogens is 282 g/mol. The van der Waals surface area contributed by atoms with Crippen LogP contribution < -0.4 is 10.5 Å². The molecule has 0 aliphatic heterocycles. The standard InChI is InChI=1S/C16H19N3OS/c1-4-9-20-13-7-5-12(6-8-13)14-11(3)21-16-18-10(2)15(17)19(14)16/h5-8H,4,9,17H2,1-3H3. The van der Waals surface area contributed by atoms with Crippen molar-refractivity contribution in [3.63, 3.8) is 0 Å². The van der Waals surface area contributed by atoms with Gasteiger partial charge in [0.2, 0.25) is 0 Å². The molecule has 110 valence electrons. The van der Waals surface area contributed by atoms with Crippen LogP contribution in [-0.4, -0.2) is 16.0 Å². The number of imidazole rings is 1. The largest absolute Gasteiger partial charge is 0.494 e. The van der Waals surface area contributed by atoms with Gasteiger partial charge in [-0.05, 0) is 44.5 Å². The van der Waals surface area contributed by atoms with E-state index in [2.05, 4.69) is 31.0 Å². The number of anilines is 1. The molecule has 21 heavy (non-hydrogen) atoms. The van der Waals surface area contributed by atoms with Gasteiger partial charge >= 0.3 is 0 Å². The minimum absolute atomic E-state index is 0.718. The lowest BCUT2D eigenvalue weighted by atomic mass is 10.1. The van der Waals surface area contributed by atoms with Crippen LogP contribution in [0.25, 0.3) is 16.2 Å². The number of hydrogen-bond donors (Lipinski definition) is 1. The molecule has 4 nitrogen and oxygen atoms in total. The van der Waals surface area contributed by atoms with E-state index in [4.69, 9.17) is 10.5 Å². The van der Waals surface area contributed by atoms with Gasteiger partial charge in [-0.3, -0.25) is 4.40 Å². The van der Waals surface area contributed by atoms with Crippen molar-refractivity contribution in [2.24, 2.45) is 0 Å². The maximum atomic E-state index is 6.17. The number of nitrogens with zero attached hydrogens (tertiary/aromatic N) is 2. The van der Waals surface area contributed by atoms with Crippen molar-refractivity contribution < 1.29 is 4.74 Å². The summed E-state index contributed by atoms with van der Waals surface area (Å²) in [7, 11) is 0. The van der Waals surface area contributed by atoms with Crippen molar-refractivity contribution in [2.75, 3.05) is 12.3 Å². The van der Waals surface area contributed by atoms with Crippen molar-refractivity contribution in [2.45, 2.75) is 27.2 Å². The summed E-state index contributed by atoms with van der Waals surface area (Å²) in [6.45, 7) is 6.89. The Morgan fingerprint density at radius 2 is 1.95 bits per heavy atom. The zero-order valence-corrected chi connectivity index (χ0v) is 13.3. The first-order valence-corrected chi connectivity index (χ1v) is 7.90. The molecule has 0 atom stereocenters. The van der Waals surface area contributed by atoms with Crippen LogP contribution in [0.1, 0.15) is 23.9 Å². The fourth-order valence-electron chi connectivity index (χ4n) is 2.40. The van der Waals surface area contributed by atoms with E-state index in [0.717, 1.165) is 46.5 Å². The minimum atomic E-state index is 0.718. The Kier molecular flexibility index (Phi) is 3.59. The number of hydrogen-bond acceptors (Lipinski definition) is 4. The molecule has 5 heteroatoms. The number of ether oxygens (including phenoxy) is 1. The Hall–Kier alpha value is -2.01. The summed E-state index contributed by atoms with van der Waals surface area (Å²) in [4.78, 5) is 6.67. The van der Waals surface area contributed by atoms with Crippen molar-refractivity contribution in [3.05, 3.63) is 34.8 Å². The summed E-state index contributed by atoms with van der Waals surface area (Å²) in [6, 6.07) is 8.17. The van der Waals surface area contributed by atoms with Gasteiger partial charge in [0.15, 0.2) is 4.96 Å². The molecular formula is C16H19N3OS. The highest BCUT2D eigenvalue weighted by Crippen LogP contribution is 2.34. The van der Waals surface area contributed by atoms with Crippen LogP contribution in [0.4, 0.5) is 5.82 Å². The molecule has 0 bridgehead atoms. The Morgan fingerprint density at radius 1 is 1.24 bits per heavy atom. The average Bonchev–Trinajstić information content (AvgIpc) is 2.93. The smallest absolute Gasteiger partial charge is 0.196 e. The van der Waals surface area contributed by atoms with Gasteiger partial charge in [-0.2, -0.15) is 0 Å². The molecule has 2 N–H and O–H groups in total. The maximum Gasteiger partial charge on any atom is 0.196 e. The predicted molar refractivity (Wildman–Crippen MR) is 88.2 cm³/mol. The number of fused-ring (bicyclic) bond motifs is 1. The summed E-state index contributed by atoms with van der Waals surface area (Å²) in [5.41, 5.74) is 9.30. The molecule has 0 aliphatic rings. The molecule has 3 rings (SSSR count). The number of thiazole rings is 1. The molecule has 2 aromatic heterocycles. The first-order chi connectivity index (χ1) is 10.1.